The first kappa shape index (κ1) is 12.1. The standard InChI is InChI=1S/C10H9FN4O3/c1-6(16)8-5-14(13-12-8)10-7(11)3-2-4-9(10)15(17)18/h2-6,16H,1H3. The van der Waals surface area contributed by atoms with Crippen LogP contribution in [-0.2, 0) is 0 Å². The molecule has 0 saturated heterocycles. The van der Waals surface area contributed by atoms with Gasteiger partial charge in [0.1, 0.15) is 5.69 Å². The number of hydrogen-bond donors (Lipinski definition) is 1. The summed E-state index contributed by atoms with van der Waals surface area (Å²) in [5, 5.41) is 27.3. The summed E-state index contributed by atoms with van der Waals surface area (Å²) in [6.07, 6.45) is 0.361. The maximum atomic E-state index is 13.7. The Bertz CT molecular complexity index is 597. The van der Waals surface area contributed by atoms with Gasteiger partial charge in [0.2, 0.25) is 0 Å². The molecule has 2 aromatic rings. The van der Waals surface area contributed by atoms with Crippen LogP contribution in [0, 0.1) is 15.9 Å². The number of hydrogen-bond acceptors (Lipinski definition) is 5. The third-order valence-corrected chi connectivity index (χ3v) is 2.33. The highest BCUT2D eigenvalue weighted by Crippen LogP contribution is 2.25. The van der Waals surface area contributed by atoms with Gasteiger partial charge in [-0.25, -0.2) is 9.07 Å². The van der Waals surface area contributed by atoms with Crippen LogP contribution in [-0.4, -0.2) is 25.0 Å². The molecule has 0 radical (unpaired) electrons. The number of nitrogens with zero attached hydrogens (tertiary/aromatic N) is 4. The molecule has 0 aliphatic carbocycles. The van der Waals surface area contributed by atoms with Crippen LogP contribution in [0.25, 0.3) is 5.69 Å². The predicted octanol–water partition coefficient (Wildman–Crippen LogP) is 1.37. The first-order valence-electron chi connectivity index (χ1n) is 5.04. The minimum absolute atomic E-state index is 0.201. The molecule has 0 spiro atoms. The molecule has 7 nitrogen and oxygen atoms in total. The second kappa shape index (κ2) is 4.49. The number of para-hydroxylation sites is 1. The molecule has 8 heteroatoms. The van der Waals surface area contributed by atoms with E-state index in [0.29, 0.717) is 0 Å². The van der Waals surface area contributed by atoms with E-state index in [1.165, 1.54) is 25.3 Å². The minimum atomic E-state index is -0.885. The van der Waals surface area contributed by atoms with Gasteiger partial charge in [0, 0.05) is 6.07 Å². The van der Waals surface area contributed by atoms with Crippen molar-refractivity contribution >= 4 is 5.69 Å². The first-order valence-corrected chi connectivity index (χ1v) is 5.04. The van der Waals surface area contributed by atoms with E-state index in [4.69, 9.17) is 0 Å². The van der Waals surface area contributed by atoms with E-state index in [0.717, 1.165) is 10.7 Å². The second-order valence-electron chi connectivity index (χ2n) is 3.63. The summed E-state index contributed by atoms with van der Waals surface area (Å²) in [5.41, 5.74) is -0.522. The Balaban J connectivity index is 2.58. The average Bonchev–Trinajstić information content (AvgIpc) is 2.77. The number of rotatable bonds is 3. The average molecular weight is 252 g/mol. The van der Waals surface area contributed by atoms with Crippen LogP contribution in [0.1, 0.15) is 18.7 Å². The van der Waals surface area contributed by atoms with E-state index in [2.05, 4.69) is 10.3 Å². The fourth-order valence-electron chi connectivity index (χ4n) is 1.46. The Morgan fingerprint density at radius 3 is 2.83 bits per heavy atom. The van der Waals surface area contributed by atoms with Gasteiger partial charge in [-0.2, -0.15) is 0 Å². The Labute approximate surface area is 101 Å². The molecule has 1 heterocycles. The van der Waals surface area contributed by atoms with Crippen LogP contribution in [0.2, 0.25) is 0 Å². The van der Waals surface area contributed by atoms with Gasteiger partial charge in [0.05, 0.1) is 17.2 Å². The summed E-state index contributed by atoms with van der Waals surface area (Å²) in [5.74, 6) is -0.786. The van der Waals surface area contributed by atoms with Gasteiger partial charge in [0.15, 0.2) is 11.5 Å². The van der Waals surface area contributed by atoms with Crippen LogP contribution in [0.15, 0.2) is 24.4 Å². The molecule has 0 saturated carbocycles. The molecule has 0 fully saturated rings. The minimum Gasteiger partial charge on any atom is -0.387 e. The van der Waals surface area contributed by atoms with Gasteiger partial charge in [-0.3, -0.25) is 10.1 Å². The number of nitro groups is 1. The number of halogens is 1. The molecule has 0 aliphatic rings. The quantitative estimate of drug-likeness (QED) is 0.657. The Kier molecular flexibility index (Phi) is 3.02. The molecule has 1 N–H and O–H groups in total. The lowest BCUT2D eigenvalue weighted by molar-refractivity contribution is -0.384. The molecule has 18 heavy (non-hydrogen) atoms. The van der Waals surface area contributed by atoms with Crippen LogP contribution < -0.4 is 0 Å². The smallest absolute Gasteiger partial charge is 0.297 e. The van der Waals surface area contributed by atoms with Gasteiger partial charge < -0.3 is 5.11 Å². The maximum absolute atomic E-state index is 13.7. The Morgan fingerprint density at radius 2 is 2.28 bits per heavy atom. The largest absolute Gasteiger partial charge is 0.387 e. The summed E-state index contributed by atoms with van der Waals surface area (Å²) in [6, 6.07) is 3.50. The third kappa shape index (κ3) is 2.05. The van der Waals surface area contributed by atoms with Crippen molar-refractivity contribution in [3.05, 3.63) is 46.0 Å². The molecule has 0 amide bonds. The summed E-state index contributed by atoms with van der Waals surface area (Å²) < 4.78 is 14.6. The van der Waals surface area contributed by atoms with Crippen molar-refractivity contribution in [2.75, 3.05) is 0 Å². The van der Waals surface area contributed by atoms with Crippen molar-refractivity contribution in [1.29, 1.82) is 0 Å². The van der Waals surface area contributed by atoms with E-state index in [1.54, 1.807) is 0 Å². The molecular weight excluding hydrogens is 243 g/mol. The fraction of sp³-hybridized carbons (Fsp3) is 0.200. The van der Waals surface area contributed by atoms with Gasteiger partial charge >= 0.3 is 0 Å². The first-order chi connectivity index (χ1) is 8.50. The molecule has 94 valence electrons. The Hall–Kier alpha value is -2.35. The zero-order valence-corrected chi connectivity index (χ0v) is 9.32. The van der Waals surface area contributed by atoms with Crippen molar-refractivity contribution in [2.24, 2.45) is 0 Å². The van der Waals surface area contributed by atoms with Crippen LogP contribution >= 0.6 is 0 Å². The van der Waals surface area contributed by atoms with Crippen molar-refractivity contribution < 1.29 is 14.4 Å². The summed E-state index contributed by atoms with van der Waals surface area (Å²) in [6.45, 7) is 1.46. The van der Waals surface area contributed by atoms with Crippen molar-refractivity contribution in [2.45, 2.75) is 13.0 Å². The van der Waals surface area contributed by atoms with E-state index >= 15 is 0 Å². The van der Waals surface area contributed by atoms with E-state index in [9.17, 15) is 19.6 Å². The highest BCUT2D eigenvalue weighted by molar-refractivity contribution is 5.52. The highest BCUT2D eigenvalue weighted by Gasteiger charge is 2.21. The lowest BCUT2D eigenvalue weighted by atomic mass is 10.2. The van der Waals surface area contributed by atoms with Gasteiger partial charge in [-0.1, -0.05) is 11.3 Å². The molecule has 1 unspecified atom stereocenters. The van der Waals surface area contributed by atoms with E-state index < -0.39 is 22.5 Å². The highest BCUT2D eigenvalue weighted by atomic mass is 19.1. The van der Waals surface area contributed by atoms with Crippen LogP contribution in [0.5, 0.6) is 0 Å². The SMILES string of the molecule is CC(O)c1cn(-c2c(F)cccc2[N+](=O)[O-])nn1. The topological polar surface area (TPSA) is 94.1 Å². The molecule has 1 atom stereocenters. The lowest BCUT2D eigenvalue weighted by Crippen LogP contribution is -2.03. The van der Waals surface area contributed by atoms with Gasteiger partial charge in [-0.15, -0.1) is 5.10 Å². The second-order valence-corrected chi connectivity index (χ2v) is 3.63. The molecule has 2 rings (SSSR count). The number of nitro benzene ring substituents is 1. The molecular formula is C10H9FN4O3. The predicted molar refractivity (Wildman–Crippen MR) is 58.6 cm³/mol. The van der Waals surface area contributed by atoms with Crippen molar-refractivity contribution in [1.82, 2.24) is 15.0 Å². The summed E-state index contributed by atoms with van der Waals surface area (Å²) in [7, 11) is 0. The zero-order chi connectivity index (χ0) is 13.3. The normalized spacial score (nSPS) is 12.4. The monoisotopic (exact) mass is 252 g/mol. The van der Waals surface area contributed by atoms with Gasteiger partial charge in [0.25, 0.3) is 5.69 Å². The molecule has 0 aliphatic heterocycles. The van der Waals surface area contributed by atoms with Crippen LogP contribution in [0.3, 0.4) is 0 Å². The number of benzene rings is 1. The fourth-order valence-corrected chi connectivity index (χ4v) is 1.46. The third-order valence-electron chi connectivity index (χ3n) is 2.33. The maximum Gasteiger partial charge on any atom is 0.297 e. The Morgan fingerprint density at radius 1 is 1.56 bits per heavy atom. The van der Waals surface area contributed by atoms with Crippen molar-refractivity contribution in [3.63, 3.8) is 0 Å². The van der Waals surface area contributed by atoms with Gasteiger partial charge in [-0.05, 0) is 13.0 Å². The number of aliphatic hydroxyl groups excluding tert-OH is 1. The summed E-state index contributed by atoms with van der Waals surface area (Å²) >= 11 is 0. The van der Waals surface area contributed by atoms with Crippen molar-refractivity contribution in [3.8, 4) is 5.69 Å². The summed E-state index contributed by atoms with van der Waals surface area (Å²) in [4.78, 5) is 10.1. The van der Waals surface area contributed by atoms with E-state index in [-0.39, 0.29) is 11.4 Å². The molecule has 1 aromatic carbocycles. The zero-order valence-electron chi connectivity index (χ0n) is 9.32. The van der Waals surface area contributed by atoms with Crippen LogP contribution in [0.4, 0.5) is 10.1 Å². The number of aliphatic hydroxyl groups is 1. The number of aromatic nitrogens is 3. The molecule has 0 bridgehead atoms. The molecule has 1 aromatic heterocycles. The lowest BCUT2D eigenvalue weighted by Gasteiger charge is -2.02. The van der Waals surface area contributed by atoms with E-state index in [1.807, 2.05) is 0 Å².